The van der Waals surface area contributed by atoms with Gasteiger partial charge >= 0.3 is 5.97 Å². The number of hydrogen-bond acceptors (Lipinski definition) is 3. The maximum Gasteiger partial charge on any atom is 0.354 e. The number of amides is 1. The van der Waals surface area contributed by atoms with Crippen LogP contribution in [0.3, 0.4) is 0 Å². The van der Waals surface area contributed by atoms with Crippen LogP contribution in [-0.4, -0.2) is 40.0 Å². The van der Waals surface area contributed by atoms with Crippen molar-refractivity contribution in [2.24, 2.45) is 5.92 Å². The van der Waals surface area contributed by atoms with E-state index in [2.05, 4.69) is 11.9 Å². The molecule has 0 aliphatic carbocycles. The van der Waals surface area contributed by atoms with Crippen molar-refractivity contribution in [1.29, 1.82) is 0 Å². The van der Waals surface area contributed by atoms with Gasteiger partial charge in [-0.3, -0.25) is 4.79 Å². The summed E-state index contributed by atoms with van der Waals surface area (Å²) in [5.74, 6) is -0.792. The van der Waals surface area contributed by atoms with Gasteiger partial charge in [0.15, 0.2) is 0 Å². The van der Waals surface area contributed by atoms with Crippen LogP contribution in [0.25, 0.3) is 0 Å². The van der Waals surface area contributed by atoms with E-state index in [0.29, 0.717) is 5.92 Å². The minimum atomic E-state index is -1.12. The smallest absolute Gasteiger partial charge is 0.354 e. The number of rotatable bonds is 2. The van der Waals surface area contributed by atoms with E-state index in [4.69, 9.17) is 5.11 Å². The van der Waals surface area contributed by atoms with Crippen LogP contribution in [0.5, 0.6) is 0 Å². The van der Waals surface area contributed by atoms with Crippen LogP contribution in [0, 0.1) is 5.92 Å². The van der Waals surface area contributed by atoms with Gasteiger partial charge in [-0.1, -0.05) is 13.0 Å². The molecule has 1 N–H and O–H groups in total. The third-order valence-corrected chi connectivity index (χ3v) is 2.54. The van der Waals surface area contributed by atoms with Gasteiger partial charge in [-0.25, -0.2) is 9.78 Å². The number of likely N-dealkylation sites (tertiary alicyclic amines) is 1. The highest BCUT2D eigenvalue weighted by molar-refractivity contribution is 5.94. The number of carboxylic acids is 1. The molecule has 1 saturated heterocycles. The lowest BCUT2D eigenvalue weighted by atomic mass is 10.0. The minimum Gasteiger partial charge on any atom is -0.477 e. The maximum atomic E-state index is 11.8. The van der Waals surface area contributed by atoms with E-state index in [1.807, 2.05) is 0 Å². The van der Waals surface area contributed by atoms with Crippen molar-refractivity contribution in [2.75, 3.05) is 13.1 Å². The second kappa shape index (κ2) is 3.92. The average molecular weight is 220 g/mol. The number of aromatic nitrogens is 1. The Kier molecular flexibility index (Phi) is 2.60. The number of pyridine rings is 1. The summed E-state index contributed by atoms with van der Waals surface area (Å²) in [4.78, 5) is 28.0. The molecule has 5 heteroatoms. The Hall–Kier alpha value is -1.91. The molecule has 0 bridgehead atoms. The highest BCUT2D eigenvalue weighted by Gasteiger charge is 2.28. The van der Waals surface area contributed by atoms with Crippen molar-refractivity contribution >= 4 is 11.9 Å². The lowest BCUT2D eigenvalue weighted by molar-refractivity contribution is 0.0524. The molecule has 0 aromatic carbocycles. The molecule has 0 unspecified atom stereocenters. The Labute approximate surface area is 92.7 Å². The third kappa shape index (κ3) is 1.88. The fourth-order valence-corrected chi connectivity index (χ4v) is 1.70. The molecule has 1 aliphatic rings. The first-order valence-corrected chi connectivity index (χ1v) is 5.07. The van der Waals surface area contributed by atoms with Crippen LogP contribution in [0.2, 0.25) is 0 Å². The number of carbonyl (C=O) groups is 2. The molecule has 84 valence electrons. The summed E-state index contributed by atoms with van der Waals surface area (Å²) in [5.41, 5.74) is 0.103. The molecule has 1 aliphatic heterocycles. The Morgan fingerprint density at radius 1 is 1.38 bits per heavy atom. The van der Waals surface area contributed by atoms with Gasteiger partial charge in [-0.2, -0.15) is 0 Å². The second-order valence-electron chi connectivity index (χ2n) is 4.03. The summed E-state index contributed by atoms with van der Waals surface area (Å²) in [7, 11) is 0. The van der Waals surface area contributed by atoms with Crippen molar-refractivity contribution in [2.45, 2.75) is 6.92 Å². The summed E-state index contributed by atoms with van der Waals surface area (Å²) in [5, 5.41) is 8.76. The second-order valence-corrected chi connectivity index (χ2v) is 4.03. The first-order chi connectivity index (χ1) is 7.58. The molecule has 2 heterocycles. The van der Waals surface area contributed by atoms with Crippen molar-refractivity contribution < 1.29 is 14.7 Å². The third-order valence-electron chi connectivity index (χ3n) is 2.54. The predicted octanol–water partition coefficient (Wildman–Crippen LogP) is 0.872. The van der Waals surface area contributed by atoms with Gasteiger partial charge in [-0.05, 0) is 18.1 Å². The van der Waals surface area contributed by atoms with Crippen LogP contribution in [0.4, 0.5) is 0 Å². The van der Waals surface area contributed by atoms with Crippen molar-refractivity contribution in [3.05, 3.63) is 29.6 Å². The molecule has 1 amide bonds. The number of aromatic carboxylic acids is 1. The number of hydrogen-bond donors (Lipinski definition) is 1. The Morgan fingerprint density at radius 2 is 2.00 bits per heavy atom. The molecule has 1 fully saturated rings. The molecular formula is C11H12N2O3. The highest BCUT2D eigenvalue weighted by atomic mass is 16.4. The maximum absolute atomic E-state index is 11.8. The summed E-state index contributed by atoms with van der Waals surface area (Å²) >= 11 is 0. The zero-order valence-corrected chi connectivity index (χ0v) is 8.88. The number of nitrogens with zero attached hydrogens (tertiary/aromatic N) is 2. The first kappa shape index (κ1) is 10.6. The Bertz CT molecular complexity index is 439. The fourth-order valence-electron chi connectivity index (χ4n) is 1.70. The van der Waals surface area contributed by atoms with Crippen molar-refractivity contribution in [3.8, 4) is 0 Å². The normalized spacial score (nSPS) is 15.7. The van der Waals surface area contributed by atoms with E-state index < -0.39 is 5.97 Å². The van der Waals surface area contributed by atoms with Crippen LogP contribution in [0.1, 0.15) is 27.9 Å². The van der Waals surface area contributed by atoms with Gasteiger partial charge in [0.25, 0.3) is 5.91 Å². The van der Waals surface area contributed by atoms with E-state index in [1.54, 1.807) is 4.90 Å². The van der Waals surface area contributed by atoms with Gasteiger partial charge in [0.2, 0.25) is 0 Å². The van der Waals surface area contributed by atoms with Gasteiger partial charge in [0, 0.05) is 13.1 Å². The SMILES string of the molecule is CC1CN(C(=O)c2cccc(C(=O)O)n2)C1. The summed E-state index contributed by atoms with van der Waals surface area (Å²) in [6.45, 7) is 3.50. The molecule has 16 heavy (non-hydrogen) atoms. The lowest BCUT2D eigenvalue weighted by Gasteiger charge is -2.36. The van der Waals surface area contributed by atoms with Crippen molar-refractivity contribution in [3.63, 3.8) is 0 Å². The molecule has 1 aromatic rings. The van der Waals surface area contributed by atoms with Gasteiger partial charge in [0.1, 0.15) is 11.4 Å². The van der Waals surface area contributed by atoms with E-state index in [9.17, 15) is 9.59 Å². The van der Waals surface area contributed by atoms with Crippen LogP contribution in [0.15, 0.2) is 18.2 Å². The van der Waals surface area contributed by atoms with Crippen LogP contribution in [-0.2, 0) is 0 Å². The van der Waals surface area contributed by atoms with Crippen LogP contribution < -0.4 is 0 Å². The monoisotopic (exact) mass is 220 g/mol. The minimum absolute atomic E-state index is 0.0978. The number of carboxylic acid groups (broad SMARTS) is 1. The number of carbonyl (C=O) groups excluding carboxylic acids is 1. The van der Waals surface area contributed by atoms with E-state index >= 15 is 0 Å². The fraction of sp³-hybridized carbons (Fsp3) is 0.364. The predicted molar refractivity (Wildman–Crippen MR) is 56.3 cm³/mol. The molecule has 0 saturated carbocycles. The summed E-state index contributed by atoms with van der Waals surface area (Å²) in [6.07, 6.45) is 0. The van der Waals surface area contributed by atoms with E-state index in [-0.39, 0.29) is 17.3 Å². The lowest BCUT2D eigenvalue weighted by Crippen LogP contribution is -2.48. The quantitative estimate of drug-likeness (QED) is 0.802. The van der Waals surface area contributed by atoms with Gasteiger partial charge < -0.3 is 10.0 Å². The zero-order chi connectivity index (χ0) is 11.7. The Balaban J connectivity index is 2.17. The Morgan fingerprint density at radius 3 is 2.56 bits per heavy atom. The standard InChI is InChI=1S/C11H12N2O3/c1-7-5-13(6-7)10(14)8-3-2-4-9(12-8)11(15)16/h2-4,7H,5-6H2,1H3,(H,15,16). The summed E-state index contributed by atoms with van der Waals surface area (Å²) < 4.78 is 0. The molecule has 1 aromatic heterocycles. The first-order valence-electron chi connectivity index (χ1n) is 5.07. The zero-order valence-electron chi connectivity index (χ0n) is 8.88. The topological polar surface area (TPSA) is 70.5 Å². The van der Waals surface area contributed by atoms with Crippen molar-refractivity contribution in [1.82, 2.24) is 9.88 Å². The average Bonchev–Trinajstić information content (AvgIpc) is 2.24. The van der Waals surface area contributed by atoms with Gasteiger partial charge in [0.05, 0.1) is 0 Å². The van der Waals surface area contributed by atoms with E-state index in [0.717, 1.165) is 13.1 Å². The molecule has 0 radical (unpaired) electrons. The molecule has 0 atom stereocenters. The van der Waals surface area contributed by atoms with Crippen LogP contribution >= 0.6 is 0 Å². The molecule has 0 spiro atoms. The molecular weight excluding hydrogens is 208 g/mol. The molecule has 2 rings (SSSR count). The molecule has 5 nitrogen and oxygen atoms in total. The highest BCUT2D eigenvalue weighted by Crippen LogP contribution is 2.16. The van der Waals surface area contributed by atoms with E-state index in [1.165, 1.54) is 18.2 Å². The van der Waals surface area contributed by atoms with Gasteiger partial charge in [-0.15, -0.1) is 0 Å². The largest absolute Gasteiger partial charge is 0.477 e. The summed E-state index contributed by atoms with van der Waals surface area (Å²) in [6, 6.07) is 4.45.